The number of carbonyl (C=O) groups is 1. The van der Waals surface area contributed by atoms with Crippen LogP contribution in [0, 0.1) is 0 Å². The van der Waals surface area contributed by atoms with E-state index in [0.717, 1.165) is 46.9 Å². The van der Waals surface area contributed by atoms with Crippen LogP contribution in [0.25, 0.3) is 5.57 Å². The molecule has 0 saturated carbocycles. The summed E-state index contributed by atoms with van der Waals surface area (Å²) in [5.74, 6) is -0.394. The Morgan fingerprint density at radius 1 is 1.16 bits per heavy atom. The molecule has 1 aromatic rings. The van der Waals surface area contributed by atoms with Crippen LogP contribution in [-0.4, -0.2) is 23.9 Å². The minimum atomic E-state index is -4.74. The maximum absolute atomic E-state index is 13.0. The molecule has 31 heavy (non-hydrogen) atoms. The lowest BCUT2D eigenvalue weighted by Gasteiger charge is -2.21. The van der Waals surface area contributed by atoms with Gasteiger partial charge in [0, 0.05) is 11.6 Å². The zero-order chi connectivity index (χ0) is 23.8. The number of unbranched alkanes of at least 4 members (excludes halogenated alkanes) is 1. The molecule has 172 valence electrons. The predicted octanol–water partition coefficient (Wildman–Crippen LogP) is 7.65. The average molecular weight is 439 g/mol. The minimum Gasteiger partial charge on any atom is -0.493 e. The van der Waals surface area contributed by atoms with Crippen molar-refractivity contribution in [2.75, 3.05) is 6.61 Å². The van der Waals surface area contributed by atoms with E-state index < -0.39 is 17.7 Å². The highest BCUT2D eigenvalue weighted by atomic mass is 19.4. The van der Waals surface area contributed by atoms with Gasteiger partial charge < -0.3 is 9.84 Å². The van der Waals surface area contributed by atoms with Gasteiger partial charge in [0.2, 0.25) is 0 Å². The summed E-state index contributed by atoms with van der Waals surface area (Å²) in [4.78, 5) is 10.7. The zero-order valence-corrected chi connectivity index (χ0v) is 19.1. The van der Waals surface area contributed by atoms with Crippen molar-refractivity contribution in [3.05, 3.63) is 58.7 Å². The summed E-state index contributed by atoms with van der Waals surface area (Å²) in [5.41, 5.74) is 2.55. The maximum Gasteiger partial charge on any atom is 0.416 e. The number of hydrogen-bond acceptors (Lipinski definition) is 2. The van der Waals surface area contributed by atoms with Crippen LogP contribution >= 0.6 is 0 Å². The number of alkyl halides is 3. The number of carboxylic acid groups (broad SMARTS) is 1. The van der Waals surface area contributed by atoms with E-state index in [1.807, 2.05) is 13.0 Å². The molecule has 0 saturated heterocycles. The van der Waals surface area contributed by atoms with Gasteiger partial charge in [-0.2, -0.15) is 13.2 Å². The van der Waals surface area contributed by atoms with Crippen molar-refractivity contribution in [3.63, 3.8) is 0 Å². The topological polar surface area (TPSA) is 46.5 Å². The number of hydrogen-bond donors (Lipinski definition) is 1. The second kappa shape index (κ2) is 11.8. The quantitative estimate of drug-likeness (QED) is 0.232. The van der Waals surface area contributed by atoms with Gasteiger partial charge in [-0.1, -0.05) is 59.3 Å². The first-order valence-electron chi connectivity index (χ1n) is 10.6. The molecule has 6 heteroatoms. The molecule has 1 aromatic carbocycles. The van der Waals surface area contributed by atoms with E-state index in [2.05, 4.69) is 40.7 Å². The molecule has 0 fully saturated rings. The average Bonchev–Trinajstić information content (AvgIpc) is 2.65. The van der Waals surface area contributed by atoms with Crippen LogP contribution < -0.4 is 4.74 Å². The summed E-state index contributed by atoms with van der Waals surface area (Å²) >= 11 is 0. The Morgan fingerprint density at radius 2 is 1.81 bits per heavy atom. The van der Waals surface area contributed by atoms with Crippen LogP contribution in [0.1, 0.15) is 82.9 Å². The van der Waals surface area contributed by atoms with Gasteiger partial charge in [-0.15, -0.1) is 0 Å². The van der Waals surface area contributed by atoms with Gasteiger partial charge in [-0.05, 0) is 54.0 Å². The Balaban J connectivity index is 3.49. The van der Waals surface area contributed by atoms with E-state index in [1.165, 1.54) is 6.08 Å². The summed E-state index contributed by atoms with van der Waals surface area (Å²) in [6.45, 7) is 12.8. The lowest BCUT2D eigenvalue weighted by Crippen LogP contribution is -2.11. The standard InChI is InChI=1S/C25H33F3O3/c1-7-8-12-31-24-21(17(4)5)13-19(16(2)3)14-22(24)18(6)10-9-11-20(15-23(29)30)25(26,27)28/h9-11,13-17H,7-8,12H2,1-6H3,(H,29,30)/b11-9+,18-10+,20-15-. The smallest absolute Gasteiger partial charge is 0.416 e. The van der Waals surface area contributed by atoms with Crippen molar-refractivity contribution in [2.24, 2.45) is 0 Å². The van der Waals surface area contributed by atoms with E-state index in [0.29, 0.717) is 6.61 Å². The first-order valence-corrected chi connectivity index (χ1v) is 10.6. The minimum absolute atomic E-state index is 0.162. The lowest BCUT2D eigenvalue weighted by atomic mass is 9.89. The van der Waals surface area contributed by atoms with Crippen molar-refractivity contribution in [1.82, 2.24) is 0 Å². The van der Waals surface area contributed by atoms with Gasteiger partial charge in [-0.3, -0.25) is 0 Å². The second-order valence-corrected chi connectivity index (χ2v) is 8.14. The Hall–Kier alpha value is -2.50. The first-order chi connectivity index (χ1) is 14.4. The molecule has 0 bridgehead atoms. The number of rotatable bonds is 10. The second-order valence-electron chi connectivity index (χ2n) is 8.14. The molecule has 0 aliphatic heterocycles. The van der Waals surface area contributed by atoms with Crippen LogP contribution in [0.15, 0.2) is 42.0 Å². The highest BCUT2D eigenvalue weighted by molar-refractivity contribution is 5.81. The lowest BCUT2D eigenvalue weighted by molar-refractivity contribution is -0.132. The van der Waals surface area contributed by atoms with Gasteiger partial charge in [0.25, 0.3) is 0 Å². The van der Waals surface area contributed by atoms with Crippen LogP contribution in [0.5, 0.6) is 5.75 Å². The Kier molecular flexibility index (Phi) is 10.1. The number of halogens is 3. The third-order valence-electron chi connectivity index (χ3n) is 4.83. The number of benzene rings is 1. The normalized spacial score (nSPS) is 13.5. The van der Waals surface area contributed by atoms with Crippen molar-refractivity contribution >= 4 is 11.5 Å². The molecule has 1 rings (SSSR count). The zero-order valence-electron chi connectivity index (χ0n) is 19.1. The van der Waals surface area contributed by atoms with Crippen molar-refractivity contribution < 1.29 is 27.8 Å². The summed E-state index contributed by atoms with van der Waals surface area (Å²) in [6, 6.07) is 4.16. The van der Waals surface area contributed by atoms with E-state index in [-0.39, 0.29) is 17.9 Å². The van der Waals surface area contributed by atoms with Crippen LogP contribution in [0.2, 0.25) is 0 Å². The van der Waals surface area contributed by atoms with Crippen LogP contribution in [0.4, 0.5) is 13.2 Å². The van der Waals surface area contributed by atoms with Gasteiger partial charge in [0.1, 0.15) is 5.75 Å². The fourth-order valence-corrected chi connectivity index (χ4v) is 2.95. The van der Waals surface area contributed by atoms with Gasteiger partial charge in [-0.25, -0.2) is 4.79 Å². The summed E-state index contributed by atoms with van der Waals surface area (Å²) in [6.07, 6.45) is 0.861. The Bertz CT molecular complexity index is 844. The summed E-state index contributed by atoms with van der Waals surface area (Å²) < 4.78 is 45.2. The van der Waals surface area contributed by atoms with E-state index in [4.69, 9.17) is 9.84 Å². The molecule has 3 nitrogen and oxygen atoms in total. The molecule has 1 N–H and O–H groups in total. The molecule has 0 amide bonds. The largest absolute Gasteiger partial charge is 0.493 e. The molecule has 0 aliphatic carbocycles. The van der Waals surface area contributed by atoms with Gasteiger partial charge in [0.15, 0.2) is 0 Å². The maximum atomic E-state index is 13.0. The van der Waals surface area contributed by atoms with Crippen molar-refractivity contribution in [3.8, 4) is 5.75 Å². The highest BCUT2D eigenvalue weighted by Gasteiger charge is 2.32. The first kappa shape index (κ1) is 26.5. The molecule has 0 atom stereocenters. The van der Waals surface area contributed by atoms with Crippen LogP contribution in [0.3, 0.4) is 0 Å². The SMILES string of the molecule is CCCCOc1c(/C(C)=C/C=C/C(=C/C(=O)O)C(F)(F)F)cc(C(C)C)cc1C(C)C. The van der Waals surface area contributed by atoms with Gasteiger partial charge >= 0.3 is 12.1 Å². The number of carboxylic acids is 1. The van der Waals surface area contributed by atoms with E-state index in [1.54, 1.807) is 6.08 Å². The third-order valence-corrected chi connectivity index (χ3v) is 4.83. The summed E-state index contributed by atoms with van der Waals surface area (Å²) in [5, 5.41) is 8.70. The fourth-order valence-electron chi connectivity index (χ4n) is 2.95. The highest BCUT2D eigenvalue weighted by Crippen LogP contribution is 2.38. The number of ether oxygens (including phenoxy) is 1. The molecule has 0 radical (unpaired) electrons. The van der Waals surface area contributed by atoms with E-state index in [9.17, 15) is 18.0 Å². The van der Waals surface area contributed by atoms with E-state index >= 15 is 0 Å². The molecular formula is C25H33F3O3. The Morgan fingerprint density at radius 3 is 2.29 bits per heavy atom. The van der Waals surface area contributed by atoms with Crippen molar-refractivity contribution in [1.29, 1.82) is 0 Å². The fraction of sp³-hybridized carbons (Fsp3) is 0.480. The number of allylic oxidation sites excluding steroid dienone is 5. The van der Waals surface area contributed by atoms with Crippen molar-refractivity contribution in [2.45, 2.75) is 72.4 Å². The monoisotopic (exact) mass is 438 g/mol. The molecule has 0 aliphatic rings. The van der Waals surface area contributed by atoms with Crippen LogP contribution in [-0.2, 0) is 4.79 Å². The summed E-state index contributed by atoms with van der Waals surface area (Å²) in [7, 11) is 0. The molecule has 0 spiro atoms. The Labute approximate surface area is 183 Å². The molecule has 0 unspecified atom stereocenters. The molecule has 0 aromatic heterocycles. The predicted molar refractivity (Wildman–Crippen MR) is 120 cm³/mol. The molecule has 0 heterocycles. The third kappa shape index (κ3) is 8.27. The number of aliphatic carboxylic acids is 1. The molecular weight excluding hydrogens is 405 g/mol. The van der Waals surface area contributed by atoms with Gasteiger partial charge in [0.05, 0.1) is 12.2 Å².